The summed E-state index contributed by atoms with van der Waals surface area (Å²) in [6.45, 7) is 2.45. The van der Waals surface area contributed by atoms with Gasteiger partial charge in [-0.15, -0.1) is 11.8 Å². The second kappa shape index (κ2) is 5.60. The molecule has 0 saturated carbocycles. The number of rotatable bonds is 4. The minimum Gasteiger partial charge on any atom is -0.476 e. The summed E-state index contributed by atoms with van der Waals surface area (Å²) in [6.07, 6.45) is 3.33. The molecule has 0 saturated heterocycles. The second-order valence-corrected chi connectivity index (χ2v) is 2.70. The van der Waals surface area contributed by atoms with E-state index in [1.165, 1.54) is 12.4 Å². The number of nitrogens with zero attached hydrogens (tertiary/aromatic N) is 2. The number of aromatic nitrogens is 2. The maximum Gasteiger partial charge on any atom is 0.356 e. The van der Waals surface area contributed by atoms with Crippen LogP contribution >= 0.6 is 0 Å². The van der Waals surface area contributed by atoms with Gasteiger partial charge in [0.05, 0.1) is 12.4 Å². The molecule has 2 N–H and O–H groups in total. The third kappa shape index (κ3) is 3.65. The standard InChI is InChI=1S/C10H11N3O2/c1-2-3-4-5-11-9-7-12-8(6-13-9)10(14)15/h6-7H,4-5H2,1H3,(H,11,13)(H,14,15). The molecule has 0 aromatic carbocycles. The van der Waals surface area contributed by atoms with Crippen LogP contribution in [-0.4, -0.2) is 27.6 Å². The van der Waals surface area contributed by atoms with Gasteiger partial charge in [0.2, 0.25) is 0 Å². The first-order valence-electron chi connectivity index (χ1n) is 4.43. The van der Waals surface area contributed by atoms with Crippen molar-refractivity contribution in [3.8, 4) is 11.8 Å². The molecular formula is C10H11N3O2. The molecule has 78 valence electrons. The Morgan fingerprint density at radius 1 is 1.53 bits per heavy atom. The monoisotopic (exact) mass is 205 g/mol. The molecule has 0 aliphatic rings. The molecule has 0 radical (unpaired) electrons. The number of nitrogens with one attached hydrogen (secondary N) is 1. The van der Waals surface area contributed by atoms with Crippen molar-refractivity contribution in [3.63, 3.8) is 0 Å². The van der Waals surface area contributed by atoms with Gasteiger partial charge in [0, 0.05) is 13.0 Å². The molecule has 15 heavy (non-hydrogen) atoms. The topological polar surface area (TPSA) is 75.1 Å². The van der Waals surface area contributed by atoms with Gasteiger partial charge in [0.25, 0.3) is 0 Å². The average molecular weight is 205 g/mol. The van der Waals surface area contributed by atoms with E-state index in [4.69, 9.17) is 5.11 Å². The molecule has 0 amide bonds. The Balaban J connectivity index is 2.48. The lowest BCUT2D eigenvalue weighted by molar-refractivity contribution is 0.0690. The molecule has 0 bridgehead atoms. The summed E-state index contributed by atoms with van der Waals surface area (Å²) in [5.74, 6) is 5.14. The summed E-state index contributed by atoms with van der Waals surface area (Å²) in [4.78, 5) is 18.1. The highest BCUT2D eigenvalue weighted by Crippen LogP contribution is 2.00. The lowest BCUT2D eigenvalue weighted by Crippen LogP contribution is -2.06. The van der Waals surface area contributed by atoms with Gasteiger partial charge in [-0.05, 0) is 6.92 Å². The quantitative estimate of drug-likeness (QED) is 0.566. The predicted octanol–water partition coefficient (Wildman–Crippen LogP) is 1.00. The number of hydrogen-bond donors (Lipinski definition) is 2. The maximum atomic E-state index is 10.5. The minimum atomic E-state index is -1.08. The summed E-state index contributed by atoms with van der Waals surface area (Å²) >= 11 is 0. The van der Waals surface area contributed by atoms with Crippen LogP contribution < -0.4 is 5.32 Å². The number of anilines is 1. The van der Waals surface area contributed by atoms with E-state index in [0.717, 1.165) is 6.42 Å². The van der Waals surface area contributed by atoms with Gasteiger partial charge >= 0.3 is 5.97 Å². The first-order chi connectivity index (χ1) is 7.24. The lowest BCUT2D eigenvalue weighted by atomic mass is 10.4. The summed E-state index contributed by atoms with van der Waals surface area (Å²) in [5.41, 5.74) is -0.0612. The fourth-order valence-electron chi connectivity index (χ4n) is 0.908. The van der Waals surface area contributed by atoms with Crippen LogP contribution in [-0.2, 0) is 0 Å². The van der Waals surface area contributed by atoms with Crippen molar-refractivity contribution < 1.29 is 9.90 Å². The Bertz CT molecular complexity index is 389. The Labute approximate surface area is 87.6 Å². The van der Waals surface area contributed by atoms with Gasteiger partial charge < -0.3 is 10.4 Å². The molecule has 0 aliphatic heterocycles. The van der Waals surface area contributed by atoms with Gasteiger partial charge in [-0.25, -0.2) is 14.8 Å². The molecule has 5 heteroatoms. The zero-order chi connectivity index (χ0) is 11.1. The van der Waals surface area contributed by atoms with Gasteiger partial charge in [-0.2, -0.15) is 0 Å². The van der Waals surface area contributed by atoms with E-state index in [0.29, 0.717) is 12.4 Å². The molecule has 5 nitrogen and oxygen atoms in total. The smallest absolute Gasteiger partial charge is 0.356 e. The van der Waals surface area contributed by atoms with Crippen LogP contribution in [0.3, 0.4) is 0 Å². The molecule has 0 aliphatic carbocycles. The Kier molecular flexibility index (Phi) is 4.10. The first-order valence-corrected chi connectivity index (χ1v) is 4.43. The van der Waals surface area contributed by atoms with E-state index in [2.05, 4.69) is 27.1 Å². The highest BCUT2D eigenvalue weighted by molar-refractivity contribution is 5.84. The fourth-order valence-corrected chi connectivity index (χ4v) is 0.908. The van der Waals surface area contributed by atoms with E-state index in [1.54, 1.807) is 6.92 Å². The number of hydrogen-bond acceptors (Lipinski definition) is 4. The SMILES string of the molecule is CC#CCCNc1cnc(C(=O)O)cn1. The van der Waals surface area contributed by atoms with Crippen LogP contribution in [0.5, 0.6) is 0 Å². The van der Waals surface area contributed by atoms with Crippen LogP contribution in [0.1, 0.15) is 23.8 Å². The predicted molar refractivity (Wildman–Crippen MR) is 55.5 cm³/mol. The van der Waals surface area contributed by atoms with E-state index in [1.807, 2.05) is 0 Å². The highest BCUT2D eigenvalue weighted by Gasteiger charge is 2.03. The van der Waals surface area contributed by atoms with Gasteiger partial charge in [-0.1, -0.05) is 0 Å². The molecule has 0 spiro atoms. The van der Waals surface area contributed by atoms with Crippen molar-refractivity contribution in [2.75, 3.05) is 11.9 Å². The molecule has 0 atom stereocenters. The van der Waals surface area contributed by atoms with E-state index < -0.39 is 5.97 Å². The largest absolute Gasteiger partial charge is 0.476 e. The number of carbonyl (C=O) groups is 1. The number of carboxylic acid groups (broad SMARTS) is 1. The van der Waals surface area contributed by atoms with Crippen molar-refractivity contribution in [2.24, 2.45) is 0 Å². The molecule has 1 aromatic rings. The molecule has 0 fully saturated rings. The number of aromatic carboxylic acids is 1. The van der Waals surface area contributed by atoms with E-state index >= 15 is 0 Å². The van der Waals surface area contributed by atoms with Crippen molar-refractivity contribution in [1.82, 2.24) is 9.97 Å². The van der Waals surface area contributed by atoms with E-state index in [9.17, 15) is 4.79 Å². The molecule has 0 unspecified atom stereocenters. The van der Waals surface area contributed by atoms with E-state index in [-0.39, 0.29) is 5.69 Å². The summed E-state index contributed by atoms with van der Waals surface area (Å²) in [6, 6.07) is 0. The van der Waals surface area contributed by atoms with Gasteiger partial charge in [0.1, 0.15) is 5.82 Å². The molecule has 1 heterocycles. The molecule has 1 rings (SSSR count). The van der Waals surface area contributed by atoms with Crippen LogP contribution in [0.25, 0.3) is 0 Å². The lowest BCUT2D eigenvalue weighted by Gasteiger charge is -2.01. The molecule has 1 aromatic heterocycles. The van der Waals surface area contributed by atoms with Crippen molar-refractivity contribution in [2.45, 2.75) is 13.3 Å². The van der Waals surface area contributed by atoms with Crippen molar-refractivity contribution in [1.29, 1.82) is 0 Å². The van der Waals surface area contributed by atoms with Crippen LogP contribution in [0, 0.1) is 11.8 Å². The van der Waals surface area contributed by atoms with Crippen LogP contribution in [0.4, 0.5) is 5.82 Å². The van der Waals surface area contributed by atoms with Crippen LogP contribution in [0.2, 0.25) is 0 Å². The Morgan fingerprint density at radius 3 is 2.87 bits per heavy atom. The summed E-state index contributed by atoms with van der Waals surface area (Å²) in [7, 11) is 0. The summed E-state index contributed by atoms with van der Waals surface area (Å²) < 4.78 is 0. The normalized spacial score (nSPS) is 8.87. The van der Waals surface area contributed by atoms with Gasteiger partial charge in [0.15, 0.2) is 5.69 Å². The molecular weight excluding hydrogens is 194 g/mol. The summed E-state index contributed by atoms with van der Waals surface area (Å²) in [5, 5.41) is 11.6. The van der Waals surface area contributed by atoms with Gasteiger partial charge in [-0.3, -0.25) is 0 Å². The minimum absolute atomic E-state index is 0.0612. The average Bonchev–Trinajstić information content (AvgIpc) is 2.25. The zero-order valence-electron chi connectivity index (χ0n) is 8.32. The van der Waals surface area contributed by atoms with Crippen molar-refractivity contribution in [3.05, 3.63) is 18.1 Å². The Hall–Kier alpha value is -2.09. The zero-order valence-corrected chi connectivity index (χ0v) is 8.32. The highest BCUT2D eigenvalue weighted by atomic mass is 16.4. The second-order valence-electron chi connectivity index (χ2n) is 2.70. The fraction of sp³-hybridized carbons (Fsp3) is 0.300. The third-order valence-corrected chi connectivity index (χ3v) is 1.60. The van der Waals surface area contributed by atoms with Crippen molar-refractivity contribution >= 4 is 11.8 Å². The Morgan fingerprint density at radius 2 is 2.33 bits per heavy atom. The number of carboxylic acids is 1. The third-order valence-electron chi connectivity index (χ3n) is 1.60. The maximum absolute atomic E-state index is 10.5. The first kappa shape index (κ1) is 11.0. The van der Waals surface area contributed by atoms with Crippen LogP contribution in [0.15, 0.2) is 12.4 Å².